The summed E-state index contributed by atoms with van der Waals surface area (Å²) in [5.41, 5.74) is 0.527. The van der Waals surface area contributed by atoms with Crippen LogP contribution in [-0.4, -0.2) is 33.2 Å². The molecule has 1 N–H and O–H groups in total. The van der Waals surface area contributed by atoms with Gasteiger partial charge in [-0.1, -0.05) is 42.5 Å². The standard InChI is InChI=1S/C22H16N2O6S/c1-30-18-11-16(24(28)29)9-15(20(18)25)10-19-21(26)23(22(27)31-19)12-14-7-4-6-13-5-2-3-8-17(13)14/h2-11,25H,12H2,1H3/b19-10-. The highest BCUT2D eigenvalue weighted by atomic mass is 32.2. The van der Waals surface area contributed by atoms with Crippen LogP contribution in [0.4, 0.5) is 10.5 Å². The van der Waals surface area contributed by atoms with E-state index in [4.69, 9.17) is 4.74 Å². The van der Waals surface area contributed by atoms with Crippen LogP contribution in [0.5, 0.6) is 11.5 Å². The number of rotatable bonds is 5. The number of carbonyl (C=O) groups excluding carboxylic acids is 2. The lowest BCUT2D eigenvalue weighted by Crippen LogP contribution is -2.27. The highest BCUT2D eigenvalue weighted by Crippen LogP contribution is 2.39. The Kier molecular flexibility index (Phi) is 5.35. The molecular weight excluding hydrogens is 420 g/mol. The van der Waals surface area contributed by atoms with Crippen LogP contribution in [0.1, 0.15) is 11.1 Å². The predicted octanol–water partition coefficient (Wildman–Crippen LogP) is 4.70. The zero-order chi connectivity index (χ0) is 22.1. The van der Waals surface area contributed by atoms with Crippen molar-refractivity contribution in [3.63, 3.8) is 0 Å². The summed E-state index contributed by atoms with van der Waals surface area (Å²) in [5, 5.41) is 23.0. The van der Waals surface area contributed by atoms with Gasteiger partial charge in [0.25, 0.3) is 16.8 Å². The van der Waals surface area contributed by atoms with Gasteiger partial charge in [0, 0.05) is 11.6 Å². The monoisotopic (exact) mass is 436 g/mol. The van der Waals surface area contributed by atoms with Crippen LogP contribution in [0.15, 0.2) is 59.5 Å². The first-order valence-corrected chi connectivity index (χ1v) is 9.98. The lowest BCUT2D eigenvalue weighted by atomic mass is 10.0. The molecular formula is C22H16N2O6S. The number of amides is 2. The molecule has 0 bridgehead atoms. The van der Waals surface area contributed by atoms with Crippen molar-refractivity contribution < 1.29 is 24.4 Å². The van der Waals surface area contributed by atoms with Gasteiger partial charge in [-0.2, -0.15) is 0 Å². The van der Waals surface area contributed by atoms with Crippen molar-refractivity contribution in [1.82, 2.24) is 4.90 Å². The second-order valence-electron chi connectivity index (χ2n) is 6.75. The number of non-ortho nitro benzene ring substituents is 1. The van der Waals surface area contributed by atoms with E-state index in [-0.39, 0.29) is 34.2 Å². The molecule has 0 aliphatic carbocycles. The molecule has 4 rings (SSSR count). The Morgan fingerprint density at radius 2 is 1.90 bits per heavy atom. The number of phenols is 1. The number of carbonyl (C=O) groups is 2. The fraction of sp³-hybridized carbons (Fsp3) is 0.0909. The van der Waals surface area contributed by atoms with Crippen LogP contribution in [-0.2, 0) is 11.3 Å². The molecule has 1 saturated heterocycles. The van der Waals surface area contributed by atoms with E-state index in [1.165, 1.54) is 13.2 Å². The Bertz CT molecular complexity index is 1260. The third-order valence-corrected chi connectivity index (χ3v) is 5.80. The molecule has 0 radical (unpaired) electrons. The molecule has 8 nitrogen and oxygen atoms in total. The van der Waals surface area contributed by atoms with Gasteiger partial charge in [0.2, 0.25) is 0 Å². The second-order valence-corrected chi connectivity index (χ2v) is 7.74. The minimum Gasteiger partial charge on any atom is -0.504 e. The molecule has 156 valence electrons. The summed E-state index contributed by atoms with van der Waals surface area (Å²) in [6.45, 7) is 0.0909. The van der Waals surface area contributed by atoms with Gasteiger partial charge < -0.3 is 9.84 Å². The summed E-state index contributed by atoms with van der Waals surface area (Å²) in [4.78, 5) is 37.2. The van der Waals surface area contributed by atoms with Crippen molar-refractivity contribution in [2.45, 2.75) is 6.54 Å². The molecule has 3 aromatic carbocycles. The SMILES string of the molecule is COc1cc([N+](=O)[O-])cc(/C=C2\SC(=O)N(Cc3cccc4ccccc34)C2=O)c1O. The van der Waals surface area contributed by atoms with Gasteiger partial charge in [-0.3, -0.25) is 24.6 Å². The van der Waals surface area contributed by atoms with E-state index in [1.54, 1.807) is 0 Å². The van der Waals surface area contributed by atoms with Crippen molar-refractivity contribution >= 4 is 45.4 Å². The topological polar surface area (TPSA) is 110 Å². The van der Waals surface area contributed by atoms with Crippen LogP contribution in [0.25, 0.3) is 16.8 Å². The zero-order valence-corrected chi connectivity index (χ0v) is 17.1. The molecule has 1 fully saturated rings. The molecule has 0 saturated carbocycles. The number of hydrogen-bond donors (Lipinski definition) is 1. The quantitative estimate of drug-likeness (QED) is 0.351. The van der Waals surface area contributed by atoms with E-state index >= 15 is 0 Å². The molecule has 9 heteroatoms. The number of hydrogen-bond acceptors (Lipinski definition) is 7. The Morgan fingerprint density at radius 3 is 2.65 bits per heavy atom. The fourth-order valence-electron chi connectivity index (χ4n) is 3.36. The highest BCUT2D eigenvalue weighted by molar-refractivity contribution is 8.18. The Balaban J connectivity index is 1.68. The summed E-state index contributed by atoms with van der Waals surface area (Å²) < 4.78 is 4.98. The minimum absolute atomic E-state index is 0.0155. The summed E-state index contributed by atoms with van der Waals surface area (Å²) in [6, 6.07) is 15.5. The van der Waals surface area contributed by atoms with Gasteiger partial charge >= 0.3 is 0 Å². The lowest BCUT2D eigenvalue weighted by Gasteiger charge is -2.14. The van der Waals surface area contributed by atoms with E-state index in [2.05, 4.69) is 0 Å². The molecule has 1 aliphatic rings. The van der Waals surface area contributed by atoms with Crippen LogP contribution >= 0.6 is 11.8 Å². The van der Waals surface area contributed by atoms with Gasteiger partial charge in [0.05, 0.1) is 29.5 Å². The van der Waals surface area contributed by atoms with E-state index in [0.29, 0.717) is 11.8 Å². The number of aromatic hydroxyl groups is 1. The molecule has 0 atom stereocenters. The molecule has 0 spiro atoms. The number of fused-ring (bicyclic) bond motifs is 1. The molecule has 0 unspecified atom stereocenters. The van der Waals surface area contributed by atoms with Gasteiger partial charge in [-0.05, 0) is 34.2 Å². The first-order chi connectivity index (χ1) is 14.9. The van der Waals surface area contributed by atoms with Crippen molar-refractivity contribution in [1.29, 1.82) is 0 Å². The molecule has 2 amide bonds. The normalized spacial score (nSPS) is 15.1. The summed E-state index contributed by atoms with van der Waals surface area (Å²) in [6.07, 6.45) is 1.26. The van der Waals surface area contributed by atoms with Crippen LogP contribution in [0.2, 0.25) is 0 Å². The molecule has 1 aliphatic heterocycles. The molecule has 0 aromatic heterocycles. The van der Waals surface area contributed by atoms with Gasteiger partial charge in [0.1, 0.15) is 0 Å². The first-order valence-electron chi connectivity index (χ1n) is 9.16. The number of imide groups is 1. The van der Waals surface area contributed by atoms with Crippen molar-refractivity contribution in [2.24, 2.45) is 0 Å². The third kappa shape index (κ3) is 3.82. The van der Waals surface area contributed by atoms with Crippen molar-refractivity contribution in [3.05, 3.63) is 80.7 Å². The van der Waals surface area contributed by atoms with Crippen LogP contribution < -0.4 is 4.74 Å². The fourth-order valence-corrected chi connectivity index (χ4v) is 4.19. The minimum atomic E-state index is -0.633. The first kappa shape index (κ1) is 20.4. The summed E-state index contributed by atoms with van der Waals surface area (Å²) in [7, 11) is 1.26. The van der Waals surface area contributed by atoms with E-state index in [9.17, 15) is 24.8 Å². The average molecular weight is 436 g/mol. The number of thioether (sulfide) groups is 1. The Labute approximate surface area is 180 Å². The van der Waals surface area contributed by atoms with Gasteiger partial charge in [-0.15, -0.1) is 0 Å². The smallest absolute Gasteiger partial charge is 0.293 e. The van der Waals surface area contributed by atoms with Crippen molar-refractivity contribution in [3.8, 4) is 11.5 Å². The molecule has 3 aromatic rings. The predicted molar refractivity (Wildman–Crippen MR) is 117 cm³/mol. The van der Waals surface area contributed by atoms with E-state index < -0.39 is 16.1 Å². The maximum absolute atomic E-state index is 12.9. The number of benzene rings is 3. The van der Waals surface area contributed by atoms with Gasteiger partial charge in [-0.25, -0.2) is 0 Å². The third-order valence-electron chi connectivity index (χ3n) is 4.89. The highest BCUT2D eigenvalue weighted by Gasteiger charge is 2.35. The van der Waals surface area contributed by atoms with E-state index in [0.717, 1.165) is 33.4 Å². The maximum atomic E-state index is 12.9. The summed E-state index contributed by atoms with van der Waals surface area (Å²) >= 11 is 0.714. The Morgan fingerprint density at radius 1 is 1.16 bits per heavy atom. The largest absolute Gasteiger partial charge is 0.504 e. The second kappa shape index (κ2) is 8.11. The number of nitro benzene ring substituents is 1. The maximum Gasteiger partial charge on any atom is 0.293 e. The lowest BCUT2D eigenvalue weighted by molar-refractivity contribution is -0.385. The van der Waals surface area contributed by atoms with Crippen molar-refractivity contribution in [2.75, 3.05) is 7.11 Å². The zero-order valence-electron chi connectivity index (χ0n) is 16.3. The number of phenolic OH excluding ortho intramolecular Hbond substituents is 1. The number of nitro groups is 1. The number of ether oxygens (including phenoxy) is 1. The van der Waals surface area contributed by atoms with E-state index in [1.807, 2.05) is 42.5 Å². The number of methoxy groups -OCH3 is 1. The summed E-state index contributed by atoms with van der Waals surface area (Å²) in [5.74, 6) is -0.989. The van der Waals surface area contributed by atoms with Crippen LogP contribution in [0.3, 0.4) is 0 Å². The average Bonchev–Trinajstić information content (AvgIpc) is 3.02. The van der Waals surface area contributed by atoms with Gasteiger partial charge in [0.15, 0.2) is 11.5 Å². The number of nitrogens with zero attached hydrogens (tertiary/aromatic N) is 2. The van der Waals surface area contributed by atoms with Crippen LogP contribution in [0, 0.1) is 10.1 Å². The molecule has 1 heterocycles. The molecule has 31 heavy (non-hydrogen) atoms. The Hall–Kier alpha value is -3.85.